The van der Waals surface area contributed by atoms with Gasteiger partial charge in [0, 0.05) is 38.8 Å². The maximum Gasteiger partial charge on any atom is 0.191 e. The molecule has 1 aromatic carbocycles. The summed E-state index contributed by atoms with van der Waals surface area (Å²) in [7, 11) is 0. The number of likely N-dealkylation sites (tertiary alicyclic amines) is 1. The third-order valence-corrected chi connectivity index (χ3v) is 5.43. The van der Waals surface area contributed by atoms with Crippen LogP contribution in [0.2, 0.25) is 0 Å². The van der Waals surface area contributed by atoms with Crippen molar-refractivity contribution in [3.05, 3.63) is 35.4 Å². The summed E-state index contributed by atoms with van der Waals surface area (Å²) < 4.78 is 0. The van der Waals surface area contributed by atoms with Gasteiger partial charge in [-0.05, 0) is 50.2 Å². The Labute approximate surface area is 176 Å². The highest BCUT2D eigenvalue weighted by Crippen LogP contribution is 2.32. The molecule has 1 heterocycles. The van der Waals surface area contributed by atoms with Gasteiger partial charge in [-0.25, -0.2) is 0 Å². The molecule has 146 valence electrons. The first-order chi connectivity index (χ1) is 12.2. The van der Waals surface area contributed by atoms with Crippen molar-refractivity contribution >= 4 is 29.9 Å². The van der Waals surface area contributed by atoms with Crippen molar-refractivity contribution in [3.63, 3.8) is 0 Å². The zero-order chi connectivity index (χ0) is 17.5. The van der Waals surface area contributed by atoms with Crippen LogP contribution in [0.1, 0.15) is 50.2 Å². The number of aliphatic imine (C=N–C) groups is 1. The molecule has 0 atom stereocenters. The van der Waals surface area contributed by atoms with E-state index in [1.165, 1.54) is 43.2 Å². The van der Waals surface area contributed by atoms with Crippen molar-refractivity contribution < 1.29 is 0 Å². The molecule has 2 aliphatic rings. The molecule has 1 saturated carbocycles. The van der Waals surface area contributed by atoms with Gasteiger partial charge >= 0.3 is 0 Å². The molecule has 0 aromatic heterocycles. The summed E-state index contributed by atoms with van der Waals surface area (Å²) in [6.07, 6.45) is 6.47. The van der Waals surface area contributed by atoms with Gasteiger partial charge in [0.25, 0.3) is 0 Å². The van der Waals surface area contributed by atoms with Crippen molar-refractivity contribution in [2.75, 3.05) is 26.2 Å². The molecule has 0 spiro atoms. The minimum Gasteiger partial charge on any atom is -0.357 e. The highest BCUT2D eigenvalue weighted by atomic mass is 127. The van der Waals surface area contributed by atoms with Crippen LogP contribution in [0.4, 0.5) is 0 Å². The van der Waals surface area contributed by atoms with Gasteiger partial charge in [-0.2, -0.15) is 0 Å². The Kier molecular flexibility index (Phi) is 9.19. The topological polar surface area (TPSA) is 39.7 Å². The number of aryl methyl sites for hydroxylation is 1. The molecule has 0 radical (unpaired) electrons. The SMILES string of the molecule is CCNC(=NCCC1CC1)NC1CCN(Cc2ccccc2C)CC1.I. The lowest BCUT2D eigenvalue weighted by molar-refractivity contribution is 0.198. The molecule has 1 aromatic rings. The van der Waals surface area contributed by atoms with Crippen molar-refractivity contribution in [2.24, 2.45) is 10.9 Å². The van der Waals surface area contributed by atoms with Crippen LogP contribution in [-0.4, -0.2) is 43.1 Å². The zero-order valence-corrected chi connectivity index (χ0v) is 18.7. The molecular formula is C21H35IN4. The number of benzene rings is 1. The van der Waals surface area contributed by atoms with Crippen molar-refractivity contribution in [1.82, 2.24) is 15.5 Å². The second kappa shape index (κ2) is 11.1. The lowest BCUT2D eigenvalue weighted by Gasteiger charge is -2.33. The van der Waals surface area contributed by atoms with Gasteiger partial charge in [-0.1, -0.05) is 37.1 Å². The number of nitrogens with zero attached hydrogens (tertiary/aromatic N) is 2. The van der Waals surface area contributed by atoms with E-state index in [4.69, 9.17) is 4.99 Å². The first-order valence-electron chi connectivity index (χ1n) is 10.1. The molecule has 0 amide bonds. The molecule has 5 heteroatoms. The van der Waals surface area contributed by atoms with E-state index >= 15 is 0 Å². The summed E-state index contributed by atoms with van der Waals surface area (Å²) in [6.45, 7) is 9.65. The van der Waals surface area contributed by atoms with E-state index < -0.39 is 0 Å². The molecule has 0 unspecified atom stereocenters. The van der Waals surface area contributed by atoms with Gasteiger partial charge in [-0.3, -0.25) is 9.89 Å². The quantitative estimate of drug-likeness (QED) is 0.361. The van der Waals surface area contributed by atoms with Crippen LogP contribution >= 0.6 is 24.0 Å². The molecule has 26 heavy (non-hydrogen) atoms. The second-order valence-corrected chi connectivity index (χ2v) is 7.61. The molecule has 0 bridgehead atoms. The van der Waals surface area contributed by atoms with Crippen molar-refractivity contribution in [2.45, 2.75) is 58.5 Å². The Hall–Kier alpha value is -0.820. The normalized spacial score (nSPS) is 19.1. The minimum atomic E-state index is 0. The second-order valence-electron chi connectivity index (χ2n) is 7.61. The highest BCUT2D eigenvalue weighted by molar-refractivity contribution is 14.0. The number of rotatable bonds is 7. The standard InChI is InChI=1S/C21H34N4.HI/c1-3-22-21(23-13-10-18-8-9-18)24-20-11-14-25(15-12-20)16-19-7-5-4-6-17(19)2;/h4-7,18,20H,3,8-16H2,1-2H3,(H2,22,23,24);1H. The van der Waals surface area contributed by atoms with Crippen LogP contribution in [0, 0.1) is 12.8 Å². The van der Waals surface area contributed by atoms with Crippen molar-refractivity contribution in [1.29, 1.82) is 0 Å². The zero-order valence-electron chi connectivity index (χ0n) is 16.3. The third-order valence-electron chi connectivity index (χ3n) is 5.43. The van der Waals surface area contributed by atoms with E-state index in [0.717, 1.165) is 44.6 Å². The van der Waals surface area contributed by atoms with E-state index in [1.54, 1.807) is 0 Å². The van der Waals surface area contributed by atoms with E-state index in [-0.39, 0.29) is 24.0 Å². The average molecular weight is 470 g/mol. The summed E-state index contributed by atoms with van der Waals surface area (Å²) >= 11 is 0. The summed E-state index contributed by atoms with van der Waals surface area (Å²) in [5, 5.41) is 7.07. The maximum absolute atomic E-state index is 4.77. The summed E-state index contributed by atoms with van der Waals surface area (Å²) in [4.78, 5) is 7.35. The van der Waals surface area contributed by atoms with Crippen LogP contribution in [0.5, 0.6) is 0 Å². The highest BCUT2D eigenvalue weighted by Gasteiger charge is 2.22. The molecule has 1 saturated heterocycles. The fraction of sp³-hybridized carbons (Fsp3) is 0.667. The maximum atomic E-state index is 4.77. The molecule has 3 rings (SSSR count). The van der Waals surface area contributed by atoms with E-state index in [9.17, 15) is 0 Å². The molecule has 2 fully saturated rings. The Balaban J connectivity index is 0.00000243. The van der Waals surface area contributed by atoms with Gasteiger partial charge in [0.05, 0.1) is 0 Å². The summed E-state index contributed by atoms with van der Waals surface area (Å²) in [5.41, 5.74) is 2.86. The molecule has 2 N–H and O–H groups in total. The summed E-state index contributed by atoms with van der Waals surface area (Å²) in [6, 6.07) is 9.30. The predicted octanol–water partition coefficient (Wildman–Crippen LogP) is 3.93. The first-order valence-corrected chi connectivity index (χ1v) is 10.1. The average Bonchev–Trinajstić information content (AvgIpc) is 3.43. The van der Waals surface area contributed by atoms with Crippen LogP contribution in [0.25, 0.3) is 0 Å². The van der Waals surface area contributed by atoms with Gasteiger partial charge in [0.1, 0.15) is 0 Å². The molecule has 1 aliphatic carbocycles. The van der Waals surface area contributed by atoms with Crippen LogP contribution in [0.15, 0.2) is 29.3 Å². The van der Waals surface area contributed by atoms with Gasteiger partial charge in [-0.15, -0.1) is 24.0 Å². The van der Waals surface area contributed by atoms with Gasteiger partial charge in [0.2, 0.25) is 0 Å². The molecular weight excluding hydrogens is 435 g/mol. The number of hydrogen-bond donors (Lipinski definition) is 2. The van der Waals surface area contributed by atoms with Crippen LogP contribution in [-0.2, 0) is 6.54 Å². The first kappa shape index (κ1) is 21.5. The van der Waals surface area contributed by atoms with E-state index in [2.05, 4.69) is 53.6 Å². The number of guanidine groups is 1. The Morgan fingerprint density at radius 3 is 2.54 bits per heavy atom. The lowest BCUT2D eigenvalue weighted by atomic mass is 10.0. The Morgan fingerprint density at radius 2 is 1.88 bits per heavy atom. The lowest BCUT2D eigenvalue weighted by Crippen LogP contribution is -2.48. The minimum absolute atomic E-state index is 0. The molecule has 4 nitrogen and oxygen atoms in total. The fourth-order valence-corrected chi connectivity index (χ4v) is 3.54. The number of nitrogens with one attached hydrogen (secondary N) is 2. The van der Waals surface area contributed by atoms with Crippen LogP contribution in [0.3, 0.4) is 0 Å². The van der Waals surface area contributed by atoms with Gasteiger partial charge in [0.15, 0.2) is 5.96 Å². The predicted molar refractivity (Wildman–Crippen MR) is 121 cm³/mol. The number of piperidine rings is 1. The van der Waals surface area contributed by atoms with Gasteiger partial charge < -0.3 is 10.6 Å². The van der Waals surface area contributed by atoms with E-state index in [0.29, 0.717) is 6.04 Å². The fourth-order valence-electron chi connectivity index (χ4n) is 3.54. The Morgan fingerprint density at radius 1 is 1.15 bits per heavy atom. The van der Waals surface area contributed by atoms with Crippen LogP contribution < -0.4 is 10.6 Å². The number of halogens is 1. The monoisotopic (exact) mass is 470 g/mol. The van der Waals surface area contributed by atoms with Crippen molar-refractivity contribution in [3.8, 4) is 0 Å². The molecule has 1 aliphatic heterocycles. The largest absolute Gasteiger partial charge is 0.357 e. The third kappa shape index (κ3) is 7.06. The Bertz CT molecular complexity index is 563. The summed E-state index contributed by atoms with van der Waals surface area (Å²) in [5.74, 6) is 1.97. The van der Waals surface area contributed by atoms with E-state index in [1.807, 2.05) is 0 Å². The number of hydrogen-bond acceptors (Lipinski definition) is 2. The smallest absolute Gasteiger partial charge is 0.191 e.